The third kappa shape index (κ3) is 17.2. The second-order valence-corrected chi connectivity index (χ2v) is 20.5. The van der Waals surface area contributed by atoms with Gasteiger partial charge in [-0.05, 0) is 47.4 Å². The van der Waals surface area contributed by atoms with E-state index < -0.39 is 110 Å². The Bertz CT molecular complexity index is 2530. The Morgan fingerprint density at radius 1 is 0.620 bits per heavy atom. The van der Waals surface area contributed by atoms with E-state index >= 15 is 0 Å². The summed E-state index contributed by atoms with van der Waals surface area (Å²) in [6, 6.07) is 36.2. The van der Waals surface area contributed by atoms with E-state index in [2.05, 4.69) is 16.0 Å². The van der Waals surface area contributed by atoms with Gasteiger partial charge in [-0.25, -0.2) is 9.59 Å². The first kappa shape index (κ1) is 59.1. The molecule has 2 fully saturated rings. The third-order valence-electron chi connectivity index (χ3n) is 14.5. The van der Waals surface area contributed by atoms with Crippen LogP contribution >= 0.6 is 0 Å². The van der Waals surface area contributed by atoms with Crippen LogP contribution in [0.5, 0.6) is 0 Å². The Kier molecular flexibility index (Phi) is 22.4. The molecule has 8 rings (SSSR count). The summed E-state index contributed by atoms with van der Waals surface area (Å²) < 4.78 is 63.1. The number of benzene rings is 4. The number of ether oxygens (including phenoxy) is 10. The lowest BCUT2D eigenvalue weighted by molar-refractivity contribution is -0.279. The Balaban J connectivity index is 0.984. The zero-order valence-electron chi connectivity index (χ0n) is 45.4. The molecule has 18 nitrogen and oxygen atoms in total. The fourth-order valence-corrected chi connectivity index (χ4v) is 10.0. The summed E-state index contributed by atoms with van der Waals surface area (Å²) in [6.45, 7) is 8.01. The highest BCUT2D eigenvalue weighted by Crippen LogP contribution is 2.37. The molecular weight excluding hydrogens is 1010 g/mol. The summed E-state index contributed by atoms with van der Waals surface area (Å²) >= 11 is 0. The smallest absolute Gasteiger partial charge is 0.408 e. The van der Waals surface area contributed by atoms with Crippen molar-refractivity contribution in [3.05, 3.63) is 168 Å². The highest BCUT2D eigenvalue weighted by molar-refractivity contribution is 5.82. The van der Waals surface area contributed by atoms with Crippen molar-refractivity contribution in [2.75, 3.05) is 13.2 Å². The lowest BCUT2D eigenvalue weighted by Gasteiger charge is -2.46. The van der Waals surface area contributed by atoms with Crippen molar-refractivity contribution in [2.45, 2.75) is 166 Å². The maximum Gasteiger partial charge on any atom is 0.408 e. The molecule has 0 bridgehead atoms. The van der Waals surface area contributed by atoms with Crippen LogP contribution in [0.2, 0.25) is 0 Å². The van der Waals surface area contributed by atoms with Gasteiger partial charge < -0.3 is 73.5 Å². The average molecular weight is 1090 g/mol. The minimum absolute atomic E-state index is 0.0471. The van der Waals surface area contributed by atoms with E-state index in [1.165, 1.54) is 0 Å². The molecule has 4 aromatic rings. The van der Waals surface area contributed by atoms with Gasteiger partial charge in [-0.3, -0.25) is 4.79 Å². The number of aliphatic hydroxyl groups excluding tert-OH is 2. The molecular formula is C61H77N3O15. The minimum Gasteiger partial charge on any atom is -0.445 e. The van der Waals surface area contributed by atoms with E-state index in [0.29, 0.717) is 12.8 Å². The Morgan fingerprint density at radius 3 is 1.78 bits per heavy atom. The molecule has 1 saturated heterocycles. The molecule has 1 saturated carbocycles. The second kappa shape index (κ2) is 30.0. The van der Waals surface area contributed by atoms with Gasteiger partial charge in [-0.1, -0.05) is 173 Å². The molecule has 16 atom stereocenters. The highest BCUT2D eigenvalue weighted by atomic mass is 16.7. The van der Waals surface area contributed by atoms with Crippen molar-refractivity contribution in [1.29, 1.82) is 0 Å². The fourth-order valence-electron chi connectivity index (χ4n) is 10.0. The number of hydrogen-bond acceptors (Lipinski definition) is 15. The van der Waals surface area contributed by atoms with Crippen LogP contribution in [0.3, 0.4) is 0 Å². The monoisotopic (exact) mass is 1090 g/mol. The summed E-state index contributed by atoms with van der Waals surface area (Å²) in [6.07, 6.45) is -3.00. The summed E-state index contributed by atoms with van der Waals surface area (Å²) in [4.78, 5) is 40.6. The second-order valence-electron chi connectivity index (χ2n) is 20.5. The number of alkyl carbamates (subject to hydrolysis) is 2. The van der Waals surface area contributed by atoms with Crippen LogP contribution < -0.4 is 16.0 Å². The fraction of sp³-hybridized carbons (Fsp3) is 0.492. The van der Waals surface area contributed by atoms with Gasteiger partial charge in [0.2, 0.25) is 0 Å². The maximum absolute atomic E-state index is 14.7. The summed E-state index contributed by atoms with van der Waals surface area (Å²) in [5.74, 6) is -1.10. The van der Waals surface area contributed by atoms with E-state index in [4.69, 9.17) is 47.4 Å². The zero-order chi connectivity index (χ0) is 55.5. The van der Waals surface area contributed by atoms with Gasteiger partial charge in [-0.15, -0.1) is 0 Å². The first-order valence-corrected chi connectivity index (χ1v) is 27.6. The Morgan fingerprint density at radius 2 is 1.19 bits per heavy atom. The molecule has 4 aromatic carbocycles. The van der Waals surface area contributed by atoms with Crippen LogP contribution in [0.1, 0.15) is 75.6 Å². The molecule has 18 heteroatoms. The van der Waals surface area contributed by atoms with Crippen LogP contribution in [0.4, 0.5) is 9.59 Å². The molecule has 0 aromatic heterocycles. The quantitative estimate of drug-likeness (QED) is 0.0405. The third-order valence-corrected chi connectivity index (χ3v) is 14.5. The van der Waals surface area contributed by atoms with Gasteiger partial charge >= 0.3 is 12.2 Å². The van der Waals surface area contributed by atoms with E-state index in [0.717, 1.165) is 22.3 Å². The van der Waals surface area contributed by atoms with E-state index in [9.17, 15) is 24.6 Å². The van der Waals surface area contributed by atoms with Crippen molar-refractivity contribution in [3.63, 3.8) is 0 Å². The SMILES string of the molecule is CCC1C=CC(NC(=O)OCc2ccccc2)C(OC2C(C)CC(NC(=O)C(OCc3ccccc3)C(CC)OCc3ccccc3)C(O)C2OC2CC(OC3OC(CNC(=O)OCc4ccccc4)C=CC3C)C(CO)O2)O1. The lowest BCUT2D eigenvalue weighted by Crippen LogP contribution is -2.63. The molecule has 3 amide bonds. The van der Waals surface area contributed by atoms with Crippen molar-refractivity contribution >= 4 is 18.1 Å². The number of aliphatic hydroxyl groups is 2. The lowest BCUT2D eigenvalue weighted by atomic mass is 9.79. The van der Waals surface area contributed by atoms with Gasteiger partial charge in [-0.2, -0.15) is 0 Å². The number of nitrogens with one attached hydrogen (secondary N) is 3. The number of rotatable bonds is 25. The summed E-state index contributed by atoms with van der Waals surface area (Å²) in [5.41, 5.74) is 3.48. The van der Waals surface area contributed by atoms with Gasteiger partial charge in [0.25, 0.3) is 5.91 Å². The largest absolute Gasteiger partial charge is 0.445 e. The summed E-state index contributed by atoms with van der Waals surface area (Å²) in [5, 5.41) is 32.1. The first-order valence-electron chi connectivity index (χ1n) is 27.6. The van der Waals surface area contributed by atoms with Gasteiger partial charge in [0.15, 0.2) is 25.0 Å². The predicted octanol–water partition coefficient (Wildman–Crippen LogP) is 7.55. The Hall–Kier alpha value is -6.03. The molecule has 4 aliphatic rings. The van der Waals surface area contributed by atoms with Crippen LogP contribution in [0.15, 0.2) is 146 Å². The number of carbonyl (C=O) groups is 3. The van der Waals surface area contributed by atoms with Crippen LogP contribution in [-0.4, -0.2) is 127 Å². The van der Waals surface area contributed by atoms with E-state index in [1.807, 2.05) is 173 Å². The van der Waals surface area contributed by atoms with Gasteiger partial charge in [0.05, 0.1) is 62.9 Å². The maximum atomic E-state index is 14.7. The van der Waals surface area contributed by atoms with E-state index in [1.54, 1.807) is 0 Å². The number of amides is 3. The normalized spacial score (nSPS) is 29.2. The van der Waals surface area contributed by atoms with Crippen molar-refractivity contribution < 1.29 is 72.0 Å². The molecule has 5 N–H and O–H groups in total. The highest BCUT2D eigenvalue weighted by Gasteiger charge is 2.50. The molecule has 16 unspecified atom stereocenters. The number of hydrogen-bond donors (Lipinski definition) is 5. The molecule has 1 aliphatic carbocycles. The average Bonchev–Trinajstić information content (AvgIpc) is 3.97. The summed E-state index contributed by atoms with van der Waals surface area (Å²) in [7, 11) is 0. The van der Waals surface area contributed by atoms with Crippen LogP contribution in [0, 0.1) is 11.8 Å². The molecule has 3 heterocycles. The van der Waals surface area contributed by atoms with Gasteiger partial charge in [0.1, 0.15) is 37.6 Å². The molecule has 426 valence electrons. The standard InChI is InChI=1S/C61H77N3O15/c1-5-45-29-30-47(64-61(69)73-38-44-25-17-10-18-26-44)59(74-45)79-54-40(4)31-48(63-57(67)55(71-36-42-21-13-8-14-22-42)49(6-2)70-35-41-19-11-7-12-20-41)53(66)56(54)78-52-32-50(51(34-65)76-52)77-58-39(3)27-28-46(75-58)33-62-60(68)72-37-43-23-15-9-16-24-43/h7-30,39-40,45-56,58-59,65-66H,5-6,31-38H2,1-4H3,(H,62,68)(H,63,67)(H,64,69). The topological polar surface area (TPSA) is 220 Å². The molecule has 79 heavy (non-hydrogen) atoms. The van der Waals surface area contributed by atoms with E-state index in [-0.39, 0.29) is 57.8 Å². The van der Waals surface area contributed by atoms with Crippen molar-refractivity contribution in [2.24, 2.45) is 11.8 Å². The van der Waals surface area contributed by atoms with Gasteiger partial charge in [0, 0.05) is 12.3 Å². The first-order chi connectivity index (χ1) is 38.5. The predicted molar refractivity (Wildman–Crippen MR) is 290 cm³/mol. The number of carbonyl (C=O) groups excluding carboxylic acids is 3. The van der Waals surface area contributed by atoms with Crippen molar-refractivity contribution in [1.82, 2.24) is 16.0 Å². The zero-order valence-corrected chi connectivity index (χ0v) is 45.4. The van der Waals surface area contributed by atoms with Crippen LogP contribution in [-0.2, 0) is 78.6 Å². The van der Waals surface area contributed by atoms with Crippen molar-refractivity contribution in [3.8, 4) is 0 Å². The van der Waals surface area contributed by atoms with Crippen LogP contribution in [0.25, 0.3) is 0 Å². The molecule has 0 spiro atoms. The Labute approximate surface area is 463 Å². The molecule has 0 radical (unpaired) electrons. The molecule has 3 aliphatic heterocycles. The minimum atomic E-state index is -1.40.